The fourth-order valence-corrected chi connectivity index (χ4v) is 1.95. The van der Waals surface area contributed by atoms with Crippen molar-refractivity contribution >= 4 is 17.6 Å². The number of nitro groups is 1. The normalized spacial score (nSPS) is 10.2. The average Bonchev–Trinajstić information content (AvgIpc) is 2.58. The Morgan fingerprint density at radius 3 is 2.44 bits per heavy atom. The number of aliphatic carboxylic acids is 1. The third-order valence-corrected chi connectivity index (χ3v) is 3.26. The number of ether oxygens (including phenoxy) is 3. The van der Waals surface area contributed by atoms with Crippen LogP contribution in [0.1, 0.15) is 16.8 Å². The number of hydrogen-bond donors (Lipinski definition) is 1. The van der Waals surface area contributed by atoms with Crippen molar-refractivity contribution in [2.75, 3.05) is 41.0 Å². The number of rotatable bonds is 10. The maximum absolute atomic E-state index is 12.4. The zero-order chi connectivity index (χ0) is 19.0. The highest BCUT2D eigenvalue weighted by Gasteiger charge is 2.27. The van der Waals surface area contributed by atoms with E-state index in [2.05, 4.69) is 0 Å². The molecule has 1 N–H and O–H groups in total. The van der Waals surface area contributed by atoms with Gasteiger partial charge in [0.05, 0.1) is 31.1 Å². The van der Waals surface area contributed by atoms with E-state index in [9.17, 15) is 19.7 Å². The first kappa shape index (κ1) is 20.2. The minimum Gasteiger partial charge on any atom is -0.493 e. The number of carboxylic acids is 1. The van der Waals surface area contributed by atoms with Gasteiger partial charge in [-0.15, -0.1) is 0 Å². The van der Waals surface area contributed by atoms with Crippen molar-refractivity contribution in [1.82, 2.24) is 4.90 Å². The van der Waals surface area contributed by atoms with Gasteiger partial charge in [-0.05, 0) is 0 Å². The fraction of sp³-hybridized carbons (Fsp3) is 0.467. The van der Waals surface area contributed by atoms with Crippen LogP contribution in [0.5, 0.6) is 11.5 Å². The molecule has 0 bridgehead atoms. The topological polar surface area (TPSA) is 128 Å². The van der Waals surface area contributed by atoms with Gasteiger partial charge in [0.1, 0.15) is 12.2 Å². The summed E-state index contributed by atoms with van der Waals surface area (Å²) in [5, 5.41) is 20.0. The van der Waals surface area contributed by atoms with Crippen LogP contribution in [-0.2, 0) is 9.53 Å². The molecule has 1 amide bonds. The van der Waals surface area contributed by atoms with E-state index in [-0.39, 0.29) is 43.2 Å². The molecule has 0 aliphatic rings. The lowest BCUT2D eigenvalue weighted by Crippen LogP contribution is -2.29. The van der Waals surface area contributed by atoms with E-state index in [0.29, 0.717) is 0 Å². The summed E-state index contributed by atoms with van der Waals surface area (Å²) < 4.78 is 15.3. The zero-order valence-electron chi connectivity index (χ0n) is 14.2. The third kappa shape index (κ3) is 5.60. The van der Waals surface area contributed by atoms with Crippen molar-refractivity contribution in [3.05, 3.63) is 27.8 Å². The molecule has 138 valence electrons. The number of nitrogens with zero attached hydrogens (tertiary/aromatic N) is 2. The van der Waals surface area contributed by atoms with Gasteiger partial charge in [0.25, 0.3) is 11.6 Å². The second-order valence-electron chi connectivity index (χ2n) is 4.99. The molecule has 10 nitrogen and oxygen atoms in total. The van der Waals surface area contributed by atoms with E-state index >= 15 is 0 Å². The number of amides is 1. The maximum Gasteiger partial charge on any atom is 0.305 e. The number of carboxylic acid groups (broad SMARTS) is 1. The molecule has 0 aliphatic carbocycles. The number of methoxy groups -OCH3 is 2. The molecular formula is C15H20N2O8. The zero-order valence-corrected chi connectivity index (χ0v) is 14.2. The first-order valence-corrected chi connectivity index (χ1v) is 7.27. The van der Waals surface area contributed by atoms with Crippen LogP contribution in [-0.4, -0.2) is 67.8 Å². The molecule has 0 saturated heterocycles. The van der Waals surface area contributed by atoms with E-state index in [1.54, 1.807) is 0 Å². The van der Waals surface area contributed by atoms with Gasteiger partial charge >= 0.3 is 5.97 Å². The second-order valence-corrected chi connectivity index (χ2v) is 4.99. The van der Waals surface area contributed by atoms with E-state index in [1.165, 1.54) is 27.3 Å². The Balaban J connectivity index is 3.18. The summed E-state index contributed by atoms with van der Waals surface area (Å²) in [6.07, 6.45) is -0.272. The average molecular weight is 356 g/mol. The summed E-state index contributed by atoms with van der Waals surface area (Å²) >= 11 is 0. The minimum absolute atomic E-state index is 0.0836. The highest BCUT2D eigenvalue weighted by Crippen LogP contribution is 2.35. The second kappa shape index (κ2) is 9.42. The van der Waals surface area contributed by atoms with Gasteiger partial charge in [-0.25, -0.2) is 0 Å². The first-order valence-electron chi connectivity index (χ1n) is 7.27. The SMILES string of the molecule is COCCOc1cc([N+](=O)[O-])c(C(=O)N(C)CCC(=O)O)cc1OC. The van der Waals surface area contributed by atoms with Crippen molar-refractivity contribution in [3.63, 3.8) is 0 Å². The van der Waals surface area contributed by atoms with Crippen LogP contribution < -0.4 is 9.47 Å². The molecule has 0 fully saturated rings. The summed E-state index contributed by atoms with van der Waals surface area (Å²) in [5.41, 5.74) is -0.672. The number of carbonyl (C=O) groups excluding carboxylic acids is 1. The maximum atomic E-state index is 12.4. The van der Waals surface area contributed by atoms with Crippen molar-refractivity contribution in [3.8, 4) is 11.5 Å². The Morgan fingerprint density at radius 1 is 1.24 bits per heavy atom. The predicted molar refractivity (Wildman–Crippen MR) is 86.2 cm³/mol. The van der Waals surface area contributed by atoms with E-state index in [1.807, 2.05) is 0 Å². The third-order valence-electron chi connectivity index (χ3n) is 3.26. The molecule has 0 spiro atoms. The molecule has 0 aliphatic heterocycles. The van der Waals surface area contributed by atoms with Gasteiger partial charge in [0.15, 0.2) is 11.5 Å². The quantitative estimate of drug-likeness (QED) is 0.376. The minimum atomic E-state index is -1.08. The van der Waals surface area contributed by atoms with Crippen LogP contribution in [0.4, 0.5) is 5.69 Å². The fourth-order valence-electron chi connectivity index (χ4n) is 1.95. The molecule has 0 saturated carbocycles. The summed E-state index contributed by atoms with van der Waals surface area (Å²) in [4.78, 5) is 34.8. The van der Waals surface area contributed by atoms with Gasteiger partial charge in [-0.3, -0.25) is 19.7 Å². The molecule has 0 aromatic heterocycles. The molecule has 0 unspecified atom stereocenters. The molecule has 0 atom stereocenters. The van der Waals surface area contributed by atoms with Crippen LogP contribution >= 0.6 is 0 Å². The van der Waals surface area contributed by atoms with Crippen molar-refractivity contribution in [1.29, 1.82) is 0 Å². The van der Waals surface area contributed by atoms with E-state index < -0.39 is 22.5 Å². The Labute approximate surface area is 144 Å². The van der Waals surface area contributed by atoms with Gasteiger partial charge in [0, 0.05) is 26.8 Å². The van der Waals surface area contributed by atoms with Crippen LogP contribution in [0.25, 0.3) is 0 Å². The van der Waals surface area contributed by atoms with Crippen molar-refractivity contribution in [2.45, 2.75) is 6.42 Å². The van der Waals surface area contributed by atoms with Gasteiger partial charge in [-0.1, -0.05) is 0 Å². The number of benzene rings is 1. The first-order chi connectivity index (χ1) is 11.8. The Morgan fingerprint density at radius 2 is 1.92 bits per heavy atom. The van der Waals surface area contributed by atoms with Crippen molar-refractivity contribution < 1.29 is 33.8 Å². The monoisotopic (exact) mass is 356 g/mol. The van der Waals surface area contributed by atoms with Crippen LogP contribution in [0.15, 0.2) is 12.1 Å². The van der Waals surface area contributed by atoms with Crippen LogP contribution in [0, 0.1) is 10.1 Å². The summed E-state index contributed by atoms with van der Waals surface area (Å²) in [5.74, 6) is -1.50. The molecule has 25 heavy (non-hydrogen) atoms. The van der Waals surface area contributed by atoms with Crippen LogP contribution in [0.3, 0.4) is 0 Å². The standard InChI is InChI=1S/C15H20N2O8/c1-16(5-4-14(18)19)15(20)10-8-12(24-3)13(25-7-6-23-2)9-11(10)17(21)22/h8-9H,4-7H2,1-3H3,(H,18,19). The van der Waals surface area contributed by atoms with Gasteiger partial charge < -0.3 is 24.2 Å². The number of carbonyl (C=O) groups is 2. The highest BCUT2D eigenvalue weighted by molar-refractivity contribution is 5.99. The van der Waals surface area contributed by atoms with Gasteiger partial charge in [-0.2, -0.15) is 0 Å². The number of hydrogen-bond acceptors (Lipinski definition) is 7. The lowest BCUT2D eigenvalue weighted by atomic mass is 10.1. The van der Waals surface area contributed by atoms with E-state index in [4.69, 9.17) is 19.3 Å². The van der Waals surface area contributed by atoms with Gasteiger partial charge in [0.2, 0.25) is 0 Å². The Bertz CT molecular complexity index is 647. The lowest BCUT2D eigenvalue weighted by molar-refractivity contribution is -0.385. The molecule has 0 heterocycles. The number of nitro benzene ring substituents is 1. The Hall–Kier alpha value is -2.88. The molecule has 1 aromatic carbocycles. The molecular weight excluding hydrogens is 336 g/mol. The predicted octanol–water partition coefficient (Wildman–Crippen LogP) is 1.18. The van der Waals surface area contributed by atoms with E-state index in [0.717, 1.165) is 11.0 Å². The summed E-state index contributed by atoms with van der Waals surface area (Å²) in [6, 6.07) is 2.31. The van der Waals surface area contributed by atoms with Crippen LogP contribution in [0.2, 0.25) is 0 Å². The summed E-state index contributed by atoms with van der Waals surface area (Å²) in [6.45, 7) is 0.338. The smallest absolute Gasteiger partial charge is 0.305 e. The Kier molecular flexibility index (Phi) is 7.60. The molecule has 1 rings (SSSR count). The lowest BCUT2D eigenvalue weighted by Gasteiger charge is -2.17. The van der Waals surface area contributed by atoms with Crippen molar-refractivity contribution in [2.24, 2.45) is 0 Å². The molecule has 0 radical (unpaired) electrons. The molecule has 10 heteroatoms. The molecule has 1 aromatic rings. The largest absolute Gasteiger partial charge is 0.493 e. The highest BCUT2D eigenvalue weighted by atomic mass is 16.6. The summed E-state index contributed by atoms with van der Waals surface area (Å²) in [7, 11) is 4.19.